The molecule has 1 saturated heterocycles. The summed E-state index contributed by atoms with van der Waals surface area (Å²) in [6, 6.07) is 9.55. The Kier molecular flexibility index (Phi) is 4.71. The zero-order chi connectivity index (χ0) is 17.1. The van der Waals surface area contributed by atoms with Crippen molar-refractivity contribution in [2.45, 2.75) is 13.3 Å². The Balaban J connectivity index is 1.59. The smallest absolute Gasteiger partial charge is 0.245 e. The topological polar surface area (TPSA) is 61.8 Å². The molecule has 2 heterocycles. The molecule has 1 N–H and O–H groups in total. The highest BCUT2D eigenvalue weighted by Crippen LogP contribution is 2.25. The van der Waals surface area contributed by atoms with E-state index >= 15 is 0 Å². The summed E-state index contributed by atoms with van der Waals surface area (Å²) in [6.45, 7) is 2.26. The lowest BCUT2D eigenvalue weighted by Crippen LogP contribution is -2.30. The maximum atomic E-state index is 13.0. The molecule has 5 nitrogen and oxygen atoms in total. The van der Waals surface area contributed by atoms with Crippen molar-refractivity contribution >= 4 is 35.1 Å². The molecular weight excluding hydrogens is 329 g/mol. The van der Waals surface area contributed by atoms with E-state index in [0.717, 1.165) is 4.88 Å². The van der Waals surface area contributed by atoms with Crippen molar-refractivity contribution in [3.63, 3.8) is 0 Å². The molecule has 0 aliphatic carbocycles. The second-order valence-electron chi connectivity index (χ2n) is 5.56. The van der Waals surface area contributed by atoms with Crippen LogP contribution in [0.3, 0.4) is 0 Å². The first-order valence-electron chi connectivity index (χ1n) is 7.48. The van der Waals surface area contributed by atoms with Crippen molar-refractivity contribution < 1.29 is 14.0 Å². The number of halogens is 1. The van der Waals surface area contributed by atoms with Gasteiger partial charge >= 0.3 is 0 Å². The van der Waals surface area contributed by atoms with Gasteiger partial charge in [-0.3, -0.25) is 9.59 Å². The van der Waals surface area contributed by atoms with Crippen LogP contribution in [0, 0.1) is 18.7 Å². The molecule has 1 aliphatic heterocycles. The number of hydrogen-bond acceptors (Lipinski definition) is 4. The van der Waals surface area contributed by atoms with E-state index in [4.69, 9.17) is 0 Å². The predicted molar refractivity (Wildman–Crippen MR) is 91.7 cm³/mol. The maximum Gasteiger partial charge on any atom is 0.245 e. The number of carbonyl (C=O) groups excluding carboxylic acids is 2. The van der Waals surface area contributed by atoms with Crippen LogP contribution in [0.1, 0.15) is 16.2 Å². The molecule has 1 atom stereocenters. The lowest BCUT2D eigenvalue weighted by Gasteiger charge is -2.16. The van der Waals surface area contributed by atoms with E-state index in [2.05, 4.69) is 10.5 Å². The summed E-state index contributed by atoms with van der Waals surface area (Å²) < 4.78 is 13.0. The largest absolute Gasteiger partial charge is 0.312 e. The summed E-state index contributed by atoms with van der Waals surface area (Å²) in [5.41, 5.74) is 3.07. The van der Waals surface area contributed by atoms with Crippen LogP contribution in [0.25, 0.3) is 0 Å². The van der Waals surface area contributed by atoms with E-state index in [9.17, 15) is 14.0 Å². The van der Waals surface area contributed by atoms with Crippen molar-refractivity contribution in [2.75, 3.05) is 11.4 Å². The molecule has 0 bridgehead atoms. The van der Waals surface area contributed by atoms with Crippen LogP contribution in [0.15, 0.2) is 41.5 Å². The molecule has 1 aromatic carbocycles. The lowest BCUT2D eigenvalue weighted by molar-refractivity contribution is -0.126. The number of hydrazone groups is 1. The van der Waals surface area contributed by atoms with E-state index in [-0.39, 0.29) is 30.6 Å². The maximum absolute atomic E-state index is 13.0. The van der Waals surface area contributed by atoms with Gasteiger partial charge in [-0.1, -0.05) is 0 Å². The summed E-state index contributed by atoms with van der Waals surface area (Å²) in [5.74, 6) is -1.28. The van der Waals surface area contributed by atoms with Crippen LogP contribution in [0.5, 0.6) is 0 Å². The number of amides is 2. The normalized spacial score (nSPS) is 17.7. The number of benzene rings is 1. The third kappa shape index (κ3) is 3.68. The third-order valence-electron chi connectivity index (χ3n) is 3.76. The fourth-order valence-corrected chi connectivity index (χ4v) is 3.28. The van der Waals surface area contributed by atoms with Gasteiger partial charge in [-0.05, 0) is 43.3 Å². The number of thiophene rings is 1. The van der Waals surface area contributed by atoms with Crippen molar-refractivity contribution in [3.8, 4) is 0 Å². The van der Waals surface area contributed by atoms with Gasteiger partial charge in [0.25, 0.3) is 0 Å². The van der Waals surface area contributed by atoms with Gasteiger partial charge in [0.05, 0.1) is 12.1 Å². The average Bonchev–Trinajstić information content (AvgIpc) is 3.14. The fourth-order valence-electron chi connectivity index (χ4n) is 2.53. The van der Waals surface area contributed by atoms with Gasteiger partial charge in [0.1, 0.15) is 5.82 Å². The first-order valence-corrected chi connectivity index (χ1v) is 8.30. The van der Waals surface area contributed by atoms with E-state index in [0.29, 0.717) is 5.69 Å². The van der Waals surface area contributed by atoms with Gasteiger partial charge in [0.15, 0.2) is 0 Å². The molecule has 0 saturated carbocycles. The van der Waals surface area contributed by atoms with Gasteiger partial charge in [-0.15, -0.1) is 11.3 Å². The first-order chi connectivity index (χ1) is 11.5. The number of carbonyl (C=O) groups is 2. The van der Waals surface area contributed by atoms with E-state index in [1.807, 2.05) is 19.1 Å². The summed E-state index contributed by atoms with van der Waals surface area (Å²) in [7, 11) is 0. The van der Waals surface area contributed by atoms with Crippen LogP contribution in [-0.2, 0) is 9.59 Å². The first kappa shape index (κ1) is 16.3. The Hall–Kier alpha value is -2.54. The number of nitrogens with one attached hydrogen (secondary N) is 1. The summed E-state index contributed by atoms with van der Waals surface area (Å²) in [5, 5.41) is 3.94. The highest BCUT2D eigenvalue weighted by molar-refractivity contribution is 7.13. The minimum Gasteiger partial charge on any atom is -0.312 e. The highest BCUT2D eigenvalue weighted by atomic mass is 32.1. The summed E-state index contributed by atoms with van der Waals surface area (Å²) in [6.07, 6.45) is 1.71. The fraction of sp³-hybridized carbons (Fsp3) is 0.235. The molecule has 24 heavy (non-hydrogen) atoms. The van der Waals surface area contributed by atoms with E-state index < -0.39 is 5.92 Å². The van der Waals surface area contributed by atoms with Crippen LogP contribution in [0.4, 0.5) is 10.1 Å². The molecule has 0 spiro atoms. The summed E-state index contributed by atoms with van der Waals surface area (Å²) in [4.78, 5) is 27.9. The molecule has 2 amide bonds. The van der Waals surface area contributed by atoms with Crippen molar-refractivity contribution in [1.82, 2.24) is 5.43 Å². The molecule has 1 fully saturated rings. The number of hydrogen-bond donors (Lipinski definition) is 1. The molecule has 1 unspecified atom stereocenters. The number of anilines is 1. The van der Waals surface area contributed by atoms with Crippen molar-refractivity contribution in [1.29, 1.82) is 0 Å². The Morgan fingerprint density at radius 3 is 2.75 bits per heavy atom. The number of rotatable bonds is 4. The second-order valence-corrected chi connectivity index (χ2v) is 6.88. The summed E-state index contributed by atoms with van der Waals surface area (Å²) >= 11 is 1.58. The molecule has 3 rings (SSSR count). The highest BCUT2D eigenvalue weighted by Gasteiger charge is 2.35. The van der Waals surface area contributed by atoms with Crippen molar-refractivity contribution in [2.24, 2.45) is 11.0 Å². The van der Waals surface area contributed by atoms with Crippen molar-refractivity contribution in [3.05, 3.63) is 52.0 Å². The Morgan fingerprint density at radius 1 is 1.33 bits per heavy atom. The van der Waals surface area contributed by atoms with E-state index in [1.54, 1.807) is 17.6 Å². The van der Waals surface area contributed by atoms with Gasteiger partial charge < -0.3 is 4.90 Å². The zero-order valence-corrected chi connectivity index (χ0v) is 13.8. The second kappa shape index (κ2) is 6.92. The number of nitrogens with zero attached hydrogens (tertiary/aromatic N) is 2. The molecule has 1 aliphatic rings. The molecule has 124 valence electrons. The molecule has 7 heteroatoms. The van der Waals surface area contributed by atoms with Gasteiger partial charge in [0.2, 0.25) is 11.8 Å². The predicted octanol–water partition coefficient (Wildman–Crippen LogP) is 2.70. The third-order valence-corrected chi connectivity index (χ3v) is 4.70. The molecular formula is C17H16FN3O2S. The van der Waals surface area contributed by atoms with Crippen LogP contribution in [-0.4, -0.2) is 24.6 Å². The standard InChI is InChI=1S/C17H16FN3O2S/c1-11-2-7-15(24-11)9-19-20-17(23)12-8-16(22)21(10-12)14-5-3-13(18)4-6-14/h2-7,9,12H,8,10H2,1H3,(H,20,23). The Morgan fingerprint density at radius 2 is 2.08 bits per heavy atom. The lowest BCUT2D eigenvalue weighted by atomic mass is 10.1. The van der Waals surface area contributed by atoms with Gasteiger partial charge in [-0.25, -0.2) is 9.82 Å². The minimum atomic E-state index is -0.468. The molecule has 1 aromatic heterocycles. The number of aryl methyl sites for hydroxylation is 1. The zero-order valence-electron chi connectivity index (χ0n) is 13.0. The van der Waals surface area contributed by atoms with E-state index in [1.165, 1.54) is 34.0 Å². The van der Waals surface area contributed by atoms with Crippen LogP contribution >= 0.6 is 11.3 Å². The monoisotopic (exact) mass is 345 g/mol. The Bertz CT molecular complexity index is 785. The quantitative estimate of drug-likeness (QED) is 0.684. The van der Waals surface area contributed by atoms with Gasteiger partial charge in [0, 0.05) is 28.4 Å². The average molecular weight is 345 g/mol. The van der Waals surface area contributed by atoms with Gasteiger partial charge in [-0.2, -0.15) is 5.10 Å². The Labute approximate surface area is 142 Å². The molecule has 0 radical (unpaired) electrons. The molecule has 2 aromatic rings. The van der Waals surface area contributed by atoms with Crippen LogP contribution < -0.4 is 10.3 Å². The minimum absolute atomic E-state index is 0.122. The SMILES string of the molecule is Cc1ccc(C=NNC(=O)C2CC(=O)N(c3ccc(F)cc3)C2)s1. The van der Waals surface area contributed by atoms with Crippen LogP contribution in [0.2, 0.25) is 0 Å².